The predicted octanol–water partition coefficient (Wildman–Crippen LogP) is 4.28. The van der Waals surface area contributed by atoms with Crippen molar-refractivity contribution >= 4 is 78.0 Å². The first kappa shape index (κ1) is 27.8. The quantitative estimate of drug-likeness (QED) is 0.174. The Kier molecular flexibility index (Phi) is 7.95. The van der Waals surface area contributed by atoms with Crippen molar-refractivity contribution in [1.82, 2.24) is 9.78 Å². The molecule has 3 aromatic rings. The van der Waals surface area contributed by atoms with Crippen molar-refractivity contribution in [3.05, 3.63) is 46.1 Å². The number of halogens is 3. The molecule has 0 atom stereocenters. The number of rotatable bonds is 7. The number of carbonyl (C=O) groups excluding carboxylic acids is 1. The van der Waals surface area contributed by atoms with Crippen LogP contribution in [0.25, 0.3) is 5.69 Å². The molecule has 2 aromatic carbocycles. The molecule has 0 radical (unpaired) electrons. The van der Waals surface area contributed by atoms with Crippen LogP contribution in [-0.4, -0.2) is 52.6 Å². The molecule has 0 aliphatic heterocycles. The normalized spacial score (nSPS) is 12.3. The monoisotopic (exact) mass is 597 g/mol. The van der Waals surface area contributed by atoms with E-state index in [9.17, 15) is 35.8 Å². The minimum Gasteiger partial charge on any atom is -0.492 e. The Labute approximate surface area is 218 Å². The highest BCUT2D eigenvalue weighted by Crippen LogP contribution is 2.38. The van der Waals surface area contributed by atoms with E-state index in [1.54, 1.807) is 0 Å². The van der Waals surface area contributed by atoms with Crippen LogP contribution in [0.15, 0.2) is 50.4 Å². The maximum absolute atomic E-state index is 11.7. The Balaban J connectivity index is 2.10. The lowest BCUT2D eigenvalue weighted by Crippen LogP contribution is -2.12. The van der Waals surface area contributed by atoms with Gasteiger partial charge in [0.05, 0.1) is 21.4 Å². The molecule has 3 rings (SSSR count). The van der Waals surface area contributed by atoms with Gasteiger partial charge in [0.15, 0.2) is 5.69 Å². The van der Waals surface area contributed by atoms with Crippen LogP contribution in [0.1, 0.15) is 5.69 Å². The summed E-state index contributed by atoms with van der Waals surface area (Å²) in [5.74, 6) is -1.61. The van der Waals surface area contributed by atoms with E-state index in [1.165, 1.54) is 13.0 Å². The molecular formula is C18H14Cl3N5O8S2. The number of alkyl halides is 1. The first-order valence-corrected chi connectivity index (χ1v) is 13.4. The van der Waals surface area contributed by atoms with Gasteiger partial charge in [-0.1, -0.05) is 23.2 Å². The van der Waals surface area contributed by atoms with Gasteiger partial charge in [0, 0.05) is 5.69 Å². The fourth-order valence-electron chi connectivity index (χ4n) is 2.86. The zero-order chi connectivity index (χ0) is 27.0. The van der Waals surface area contributed by atoms with Gasteiger partial charge >= 0.3 is 0 Å². The van der Waals surface area contributed by atoms with E-state index in [4.69, 9.17) is 34.8 Å². The molecule has 1 aromatic heterocycles. The standard InChI is InChI=1S/C18H14Cl3N5O8S2/c1-8-17(18(28)26(25-8)13-5-11(21)15(6-10(13)20)36(32,33)34)24-23-12-4-9(22-16(27)7-19)2-3-14(12)35(29,30)31/h2-6,28H,7H2,1H3,(H,22,27)(H,29,30,31)(H,32,33,34)/b24-23+. The fraction of sp³-hybridized carbons (Fsp3) is 0.111. The van der Waals surface area contributed by atoms with Crippen LogP contribution in [0.2, 0.25) is 10.0 Å². The van der Waals surface area contributed by atoms with Crippen LogP contribution in [-0.2, 0) is 25.0 Å². The Morgan fingerprint density at radius 2 is 1.67 bits per heavy atom. The summed E-state index contributed by atoms with van der Waals surface area (Å²) in [7, 11) is -9.43. The molecule has 0 fully saturated rings. The average Bonchev–Trinajstić information content (AvgIpc) is 3.05. The van der Waals surface area contributed by atoms with Gasteiger partial charge in [-0.3, -0.25) is 13.9 Å². The zero-order valence-corrected chi connectivity index (χ0v) is 21.6. The van der Waals surface area contributed by atoms with Crippen LogP contribution in [0.3, 0.4) is 0 Å². The molecule has 0 spiro atoms. The Morgan fingerprint density at radius 3 is 2.25 bits per heavy atom. The molecule has 0 aliphatic carbocycles. The van der Waals surface area contributed by atoms with Crippen LogP contribution in [0.4, 0.5) is 17.1 Å². The summed E-state index contributed by atoms with van der Waals surface area (Å²) in [6.07, 6.45) is 0. The third-order valence-corrected chi connectivity index (χ3v) is 7.18. The lowest BCUT2D eigenvalue weighted by Gasteiger charge is -2.09. The highest BCUT2D eigenvalue weighted by molar-refractivity contribution is 7.86. The summed E-state index contributed by atoms with van der Waals surface area (Å²) in [6.45, 7) is 1.41. The number of nitrogens with zero attached hydrogens (tertiary/aromatic N) is 4. The molecule has 18 heteroatoms. The molecule has 0 saturated heterocycles. The predicted molar refractivity (Wildman–Crippen MR) is 130 cm³/mol. The molecule has 13 nitrogen and oxygen atoms in total. The highest BCUT2D eigenvalue weighted by atomic mass is 35.5. The lowest BCUT2D eigenvalue weighted by molar-refractivity contribution is -0.113. The number of azo groups is 1. The molecule has 192 valence electrons. The number of aromatic hydroxyl groups is 1. The second-order valence-corrected chi connectivity index (χ2v) is 10.8. The number of amides is 1. The van der Waals surface area contributed by atoms with Crippen molar-refractivity contribution in [2.45, 2.75) is 16.7 Å². The minimum atomic E-state index is -4.75. The second kappa shape index (κ2) is 10.3. The number of anilines is 1. The van der Waals surface area contributed by atoms with E-state index in [2.05, 4.69) is 20.6 Å². The van der Waals surface area contributed by atoms with Gasteiger partial charge in [-0.05, 0) is 37.3 Å². The number of hydrogen-bond acceptors (Lipinski definition) is 9. The third-order valence-electron chi connectivity index (χ3n) is 4.41. The molecular weight excluding hydrogens is 585 g/mol. The third kappa shape index (κ3) is 5.95. The molecule has 1 heterocycles. The van der Waals surface area contributed by atoms with Gasteiger partial charge in [-0.25, -0.2) is 0 Å². The van der Waals surface area contributed by atoms with E-state index in [0.29, 0.717) is 0 Å². The maximum Gasteiger partial charge on any atom is 0.296 e. The summed E-state index contributed by atoms with van der Waals surface area (Å²) >= 11 is 17.4. The maximum atomic E-state index is 11.7. The van der Waals surface area contributed by atoms with Gasteiger partial charge < -0.3 is 10.4 Å². The first-order chi connectivity index (χ1) is 16.6. The van der Waals surface area contributed by atoms with Crippen molar-refractivity contribution < 1.29 is 35.8 Å². The van der Waals surface area contributed by atoms with Crippen LogP contribution < -0.4 is 5.32 Å². The smallest absolute Gasteiger partial charge is 0.296 e. The Bertz CT molecular complexity index is 1620. The number of aromatic nitrogens is 2. The molecule has 0 saturated carbocycles. The van der Waals surface area contributed by atoms with Crippen molar-refractivity contribution in [1.29, 1.82) is 0 Å². The van der Waals surface area contributed by atoms with Crippen molar-refractivity contribution in [3.63, 3.8) is 0 Å². The average molecular weight is 599 g/mol. The van der Waals surface area contributed by atoms with E-state index in [-0.39, 0.29) is 33.7 Å². The molecule has 0 unspecified atom stereocenters. The van der Waals surface area contributed by atoms with Gasteiger partial charge in [-0.2, -0.15) is 26.6 Å². The second-order valence-electron chi connectivity index (χ2n) is 6.92. The Hall–Kier alpha value is -2.79. The van der Waals surface area contributed by atoms with Gasteiger partial charge in [-0.15, -0.1) is 21.8 Å². The van der Waals surface area contributed by atoms with Gasteiger partial charge in [0.1, 0.15) is 21.4 Å². The SMILES string of the molecule is Cc1nn(-c2cc(Cl)c(S(=O)(=O)O)cc2Cl)c(O)c1/N=N/c1cc(NC(=O)CCl)ccc1S(=O)(=O)O. The molecule has 1 amide bonds. The van der Waals surface area contributed by atoms with Gasteiger partial charge in [0.25, 0.3) is 20.2 Å². The molecule has 36 heavy (non-hydrogen) atoms. The van der Waals surface area contributed by atoms with E-state index in [0.717, 1.165) is 28.9 Å². The summed E-state index contributed by atoms with van der Waals surface area (Å²) < 4.78 is 65.9. The number of nitrogens with one attached hydrogen (secondary N) is 1. The fourth-order valence-corrected chi connectivity index (χ4v) is 4.86. The van der Waals surface area contributed by atoms with Crippen LogP contribution in [0, 0.1) is 6.92 Å². The van der Waals surface area contributed by atoms with Crippen molar-refractivity contribution in [2.75, 3.05) is 11.2 Å². The summed E-state index contributed by atoms with van der Waals surface area (Å²) in [5.41, 5.74) is -0.561. The van der Waals surface area contributed by atoms with Crippen LogP contribution >= 0.6 is 34.8 Å². The van der Waals surface area contributed by atoms with Crippen molar-refractivity contribution in [2.24, 2.45) is 10.2 Å². The van der Waals surface area contributed by atoms with E-state index in [1.807, 2.05) is 0 Å². The minimum absolute atomic E-state index is 0.0716. The number of carbonyl (C=O) groups is 1. The number of aryl methyl sites for hydroxylation is 1. The number of hydrogen-bond donors (Lipinski definition) is 4. The highest BCUT2D eigenvalue weighted by Gasteiger charge is 2.23. The van der Waals surface area contributed by atoms with Gasteiger partial charge in [0.2, 0.25) is 11.8 Å². The van der Waals surface area contributed by atoms with E-state index >= 15 is 0 Å². The van der Waals surface area contributed by atoms with Crippen molar-refractivity contribution in [3.8, 4) is 11.6 Å². The number of benzene rings is 2. The Morgan fingerprint density at radius 1 is 1.03 bits per heavy atom. The summed E-state index contributed by atoms with van der Waals surface area (Å²) in [6, 6.07) is 5.14. The molecule has 0 aliphatic rings. The molecule has 0 bridgehead atoms. The largest absolute Gasteiger partial charge is 0.492 e. The van der Waals surface area contributed by atoms with E-state index < -0.39 is 52.5 Å². The molecule has 4 N–H and O–H groups in total. The first-order valence-electron chi connectivity index (χ1n) is 9.28. The lowest BCUT2D eigenvalue weighted by atomic mass is 10.3. The van der Waals surface area contributed by atoms with Crippen LogP contribution in [0.5, 0.6) is 5.88 Å². The zero-order valence-electron chi connectivity index (χ0n) is 17.7. The summed E-state index contributed by atoms with van der Waals surface area (Å²) in [5, 5.41) is 24.0. The topological polar surface area (TPSA) is 201 Å². The summed E-state index contributed by atoms with van der Waals surface area (Å²) in [4.78, 5) is 10.2.